The Morgan fingerprint density at radius 2 is 1.69 bits per heavy atom. The van der Waals surface area contributed by atoms with Crippen LogP contribution in [0.3, 0.4) is 0 Å². The molecule has 0 radical (unpaired) electrons. The van der Waals surface area contributed by atoms with E-state index in [4.69, 9.17) is 4.63 Å². The minimum absolute atomic E-state index is 0.363. The van der Waals surface area contributed by atoms with Gasteiger partial charge in [-0.3, -0.25) is 0 Å². The molecule has 2 aromatic carbocycles. The summed E-state index contributed by atoms with van der Waals surface area (Å²) in [6, 6.07) is 16.3. The van der Waals surface area contributed by atoms with Crippen LogP contribution in [0.15, 0.2) is 59.4 Å². The van der Waals surface area contributed by atoms with Crippen LogP contribution in [0.2, 0.25) is 0 Å². The maximum atomic E-state index is 4.77. The van der Waals surface area contributed by atoms with E-state index in [0.717, 1.165) is 17.6 Å². The zero-order valence-corrected chi connectivity index (χ0v) is 15.8. The fourth-order valence-electron chi connectivity index (χ4n) is 3.28. The molecule has 8 nitrogen and oxygen atoms in total. The molecule has 3 N–H and O–H groups in total. The van der Waals surface area contributed by atoms with Gasteiger partial charge < -0.3 is 15.6 Å². The minimum atomic E-state index is 0.363. The summed E-state index contributed by atoms with van der Waals surface area (Å²) in [4.78, 5) is 12.3. The van der Waals surface area contributed by atoms with Gasteiger partial charge in [-0.25, -0.2) is 14.6 Å². The first kappa shape index (κ1) is 17.2. The van der Waals surface area contributed by atoms with Gasteiger partial charge in [0.05, 0.1) is 0 Å². The fraction of sp³-hybridized carbons (Fsp3) is 0.143. The first-order valence-electron chi connectivity index (χ1n) is 9.39. The van der Waals surface area contributed by atoms with Crippen molar-refractivity contribution in [1.82, 2.24) is 25.3 Å². The van der Waals surface area contributed by atoms with E-state index < -0.39 is 0 Å². The largest absolute Gasteiger partial charge is 0.367 e. The van der Waals surface area contributed by atoms with E-state index in [1.54, 1.807) is 0 Å². The van der Waals surface area contributed by atoms with E-state index in [-0.39, 0.29) is 0 Å². The van der Waals surface area contributed by atoms with Gasteiger partial charge in [0.2, 0.25) is 11.3 Å². The summed E-state index contributed by atoms with van der Waals surface area (Å²) >= 11 is 0. The number of aryl methyl sites for hydroxylation is 1. The second kappa shape index (κ2) is 7.23. The number of rotatable bonds is 6. The number of nitrogens with one attached hydrogen (secondary N) is 3. The number of H-pyrrole nitrogens is 1. The predicted molar refractivity (Wildman–Crippen MR) is 112 cm³/mol. The number of hydrogen-bond acceptors (Lipinski definition) is 7. The third-order valence-corrected chi connectivity index (χ3v) is 4.79. The summed E-state index contributed by atoms with van der Waals surface area (Å²) in [5, 5.41) is 15.5. The molecular formula is C21H19N7O. The second-order valence-corrected chi connectivity index (χ2v) is 6.86. The Labute approximate surface area is 166 Å². The summed E-state index contributed by atoms with van der Waals surface area (Å²) in [6.45, 7) is 2.74. The van der Waals surface area contributed by atoms with Crippen LogP contribution in [0.25, 0.3) is 22.2 Å². The molecule has 0 amide bonds. The normalized spacial score (nSPS) is 11.2. The van der Waals surface area contributed by atoms with Gasteiger partial charge in [0, 0.05) is 29.3 Å². The molecule has 29 heavy (non-hydrogen) atoms. The number of para-hydroxylation sites is 1. The number of hydrogen-bond donors (Lipinski definition) is 3. The average molecular weight is 385 g/mol. The van der Waals surface area contributed by atoms with Gasteiger partial charge in [0.15, 0.2) is 11.6 Å². The number of aromatic nitrogens is 5. The quantitative estimate of drug-likeness (QED) is 0.402. The number of aromatic amines is 1. The molecule has 0 saturated heterocycles. The predicted octanol–water partition coefficient (Wildman–Crippen LogP) is 4.20. The van der Waals surface area contributed by atoms with Crippen molar-refractivity contribution in [3.63, 3.8) is 0 Å². The van der Waals surface area contributed by atoms with E-state index in [1.807, 2.05) is 42.6 Å². The molecule has 5 aromatic rings. The highest BCUT2D eigenvalue weighted by Gasteiger charge is 2.13. The SMILES string of the molecule is Cc1ccc(Nc2nc3nonc3nc2NCCc2c[nH]c3ccccc23)cc1. The van der Waals surface area contributed by atoms with Crippen molar-refractivity contribution in [2.24, 2.45) is 0 Å². The molecule has 0 spiro atoms. The number of benzene rings is 2. The Hall–Kier alpha value is -3.94. The first-order valence-corrected chi connectivity index (χ1v) is 9.39. The van der Waals surface area contributed by atoms with Crippen LogP contribution in [0.4, 0.5) is 17.3 Å². The lowest BCUT2D eigenvalue weighted by Crippen LogP contribution is -2.10. The molecule has 3 aromatic heterocycles. The van der Waals surface area contributed by atoms with Gasteiger partial charge >= 0.3 is 0 Å². The third-order valence-electron chi connectivity index (χ3n) is 4.79. The molecule has 144 valence electrons. The molecular weight excluding hydrogens is 366 g/mol. The summed E-state index contributed by atoms with van der Waals surface area (Å²) in [7, 11) is 0. The van der Waals surface area contributed by atoms with Gasteiger partial charge in [0.1, 0.15) is 0 Å². The monoisotopic (exact) mass is 385 g/mol. The van der Waals surface area contributed by atoms with Crippen molar-refractivity contribution in [3.05, 3.63) is 65.9 Å². The van der Waals surface area contributed by atoms with Crippen molar-refractivity contribution in [2.45, 2.75) is 13.3 Å². The first-order chi connectivity index (χ1) is 14.3. The molecule has 0 unspecified atom stereocenters. The van der Waals surface area contributed by atoms with Gasteiger partial charge in [-0.2, -0.15) is 0 Å². The summed E-state index contributed by atoms with van der Waals surface area (Å²) in [5.74, 6) is 1.18. The van der Waals surface area contributed by atoms with E-state index >= 15 is 0 Å². The zero-order chi connectivity index (χ0) is 19.6. The maximum Gasteiger partial charge on any atom is 0.245 e. The number of anilines is 3. The van der Waals surface area contributed by atoms with Gasteiger partial charge in [-0.15, -0.1) is 0 Å². The van der Waals surface area contributed by atoms with Crippen molar-refractivity contribution in [3.8, 4) is 0 Å². The Kier molecular flexibility index (Phi) is 4.28. The maximum absolute atomic E-state index is 4.77. The molecule has 0 bridgehead atoms. The summed E-state index contributed by atoms with van der Waals surface area (Å²) < 4.78 is 4.77. The highest BCUT2D eigenvalue weighted by atomic mass is 16.6. The van der Waals surface area contributed by atoms with Crippen LogP contribution >= 0.6 is 0 Å². The highest BCUT2D eigenvalue weighted by Crippen LogP contribution is 2.24. The van der Waals surface area contributed by atoms with Crippen LogP contribution in [0.5, 0.6) is 0 Å². The van der Waals surface area contributed by atoms with Gasteiger partial charge in [-0.05, 0) is 47.4 Å². The van der Waals surface area contributed by atoms with Gasteiger partial charge in [-0.1, -0.05) is 35.9 Å². The molecule has 3 heterocycles. The number of nitrogens with zero attached hydrogens (tertiary/aromatic N) is 4. The Balaban J connectivity index is 1.38. The lowest BCUT2D eigenvalue weighted by atomic mass is 10.1. The molecule has 0 fully saturated rings. The molecule has 0 atom stereocenters. The molecule has 8 heteroatoms. The van der Waals surface area contributed by atoms with Crippen LogP contribution < -0.4 is 10.6 Å². The van der Waals surface area contributed by atoms with Crippen LogP contribution in [-0.2, 0) is 6.42 Å². The van der Waals surface area contributed by atoms with E-state index in [2.05, 4.69) is 55.0 Å². The van der Waals surface area contributed by atoms with Crippen molar-refractivity contribution >= 4 is 39.5 Å². The lowest BCUT2D eigenvalue weighted by Gasteiger charge is -2.12. The fourth-order valence-corrected chi connectivity index (χ4v) is 3.28. The van der Waals surface area contributed by atoms with Crippen molar-refractivity contribution in [2.75, 3.05) is 17.2 Å². The smallest absolute Gasteiger partial charge is 0.245 e. The molecule has 0 aliphatic rings. The Morgan fingerprint density at radius 1 is 0.931 bits per heavy atom. The van der Waals surface area contributed by atoms with Crippen molar-refractivity contribution < 1.29 is 4.63 Å². The minimum Gasteiger partial charge on any atom is -0.367 e. The highest BCUT2D eigenvalue weighted by molar-refractivity contribution is 5.83. The van der Waals surface area contributed by atoms with Gasteiger partial charge in [0.25, 0.3) is 0 Å². The van der Waals surface area contributed by atoms with Crippen LogP contribution in [0, 0.1) is 6.92 Å². The standard InChI is InChI=1S/C21H19N7O/c1-13-6-8-15(9-7-13)24-19-18(25-20-21(26-19)28-29-27-20)22-11-10-14-12-23-17-5-3-2-4-16(14)17/h2-9,12,23H,10-11H2,1H3,(H,22,25,27)(H,24,26,28). The topological polar surface area (TPSA) is 105 Å². The lowest BCUT2D eigenvalue weighted by molar-refractivity contribution is 0.314. The van der Waals surface area contributed by atoms with E-state index in [1.165, 1.54) is 16.5 Å². The van der Waals surface area contributed by atoms with E-state index in [9.17, 15) is 0 Å². The molecule has 0 saturated carbocycles. The summed E-state index contributed by atoms with van der Waals surface area (Å²) in [5.41, 5.74) is 5.23. The number of fused-ring (bicyclic) bond motifs is 2. The van der Waals surface area contributed by atoms with E-state index in [0.29, 0.717) is 29.5 Å². The average Bonchev–Trinajstić information content (AvgIpc) is 3.36. The van der Waals surface area contributed by atoms with Crippen LogP contribution in [-0.4, -0.2) is 31.8 Å². The van der Waals surface area contributed by atoms with Crippen LogP contribution in [0.1, 0.15) is 11.1 Å². The Bertz CT molecular complexity index is 1270. The molecule has 0 aliphatic heterocycles. The third kappa shape index (κ3) is 3.47. The molecule has 0 aliphatic carbocycles. The molecule has 5 rings (SSSR count). The zero-order valence-electron chi connectivity index (χ0n) is 15.8. The Morgan fingerprint density at radius 3 is 2.52 bits per heavy atom. The summed E-state index contributed by atoms with van der Waals surface area (Å²) in [6.07, 6.45) is 2.89. The second-order valence-electron chi connectivity index (χ2n) is 6.86. The van der Waals surface area contributed by atoms with Crippen molar-refractivity contribution in [1.29, 1.82) is 0 Å².